The molecule has 2 rings (SSSR count). The monoisotopic (exact) mass is 296 g/mol. The Morgan fingerprint density at radius 2 is 1.63 bits per heavy atom. The summed E-state index contributed by atoms with van der Waals surface area (Å²) in [5, 5.41) is 9.95. The summed E-state index contributed by atoms with van der Waals surface area (Å²) in [5.74, 6) is 0.439. The van der Waals surface area contributed by atoms with E-state index in [1.165, 1.54) is 23.3 Å². The van der Waals surface area contributed by atoms with Crippen LogP contribution < -0.4 is 4.74 Å². The fourth-order valence-electron chi connectivity index (χ4n) is 1.71. The summed E-state index contributed by atoms with van der Waals surface area (Å²) in [5.41, 5.74) is 2.42. The maximum absolute atomic E-state index is 9.32. The lowest BCUT2D eigenvalue weighted by Crippen LogP contribution is -2.02. The molecule has 0 atom stereocenters. The standard InChI is InChI=1S/C15H14Cl2O2/c1-10-2-4-11(5-3-10)6-7-19-15-13(16)8-12(18)9-14(15)17/h2-5,8-9,18H,6-7H2,1H3. The van der Waals surface area contributed by atoms with Gasteiger partial charge >= 0.3 is 0 Å². The van der Waals surface area contributed by atoms with Crippen LogP contribution in [-0.4, -0.2) is 11.7 Å². The smallest absolute Gasteiger partial charge is 0.156 e. The maximum atomic E-state index is 9.32. The molecule has 0 aliphatic rings. The van der Waals surface area contributed by atoms with E-state index in [0.29, 0.717) is 22.4 Å². The molecule has 0 aliphatic heterocycles. The lowest BCUT2D eigenvalue weighted by molar-refractivity contribution is 0.321. The molecular formula is C15H14Cl2O2. The predicted octanol–water partition coefficient (Wildman–Crippen LogP) is 4.63. The van der Waals surface area contributed by atoms with Crippen molar-refractivity contribution in [3.05, 3.63) is 57.6 Å². The molecule has 0 heterocycles. The van der Waals surface area contributed by atoms with Crippen molar-refractivity contribution in [2.75, 3.05) is 6.61 Å². The van der Waals surface area contributed by atoms with Gasteiger partial charge in [0.05, 0.1) is 16.7 Å². The number of phenols is 1. The Morgan fingerprint density at radius 3 is 2.21 bits per heavy atom. The van der Waals surface area contributed by atoms with Gasteiger partial charge < -0.3 is 9.84 Å². The molecule has 0 radical (unpaired) electrons. The van der Waals surface area contributed by atoms with E-state index in [2.05, 4.69) is 31.2 Å². The van der Waals surface area contributed by atoms with Crippen LogP contribution in [0, 0.1) is 6.92 Å². The average Bonchev–Trinajstić information content (AvgIpc) is 2.34. The fourth-order valence-corrected chi connectivity index (χ4v) is 2.29. The Labute approximate surface area is 122 Å². The first-order chi connectivity index (χ1) is 9.06. The third-order valence-electron chi connectivity index (χ3n) is 2.74. The van der Waals surface area contributed by atoms with Gasteiger partial charge in [-0.2, -0.15) is 0 Å². The number of phenolic OH excluding ortho intramolecular Hbond substituents is 1. The molecule has 1 N–H and O–H groups in total. The van der Waals surface area contributed by atoms with Crippen LogP contribution >= 0.6 is 23.2 Å². The van der Waals surface area contributed by atoms with E-state index in [1.54, 1.807) is 0 Å². The van der Waals surface area contributed by atoms with Gasteiger partial charge in [-0.1, -0.05) is 53.0 Å². The van der Waals surface area contributed by atoms with Gasteiger partial charge in [0.2, 0.25) is 0 Å². The van der Waals surface area contributed by atoms with E-state index in [9.17, 15) is 5.11 Å². The molecule has 2 aromatic carbocycles. The van der Waals surface area contributed by atoms with Crippen LogP contribution in [0.3, 0.4) is 0 Å². The van der Waals surface area contributed by atoms with Crippen molar-refractivity contribution in [1.29, 1.82) is 0 Å². The van der Waals surface area contributed by atoms with Crippen LogP contribution in [0.15, 0.2) is 36.4 Å². The highest BCUT2D eigenvalue weighted by atomic mass is 35.5. The molecule has 0 aliphatic carbocycles. The topological polar surface area (TPSA) is 29.5 Å². The van der Waals surface area contributed by atoms with Crippen molar-refractivity contribution in [1.82, 2.24) is 0 Å². The molecule has 2 aromatic rings. The summed E-state index contributed by atoms with van der Waals surface area (Å²) in [4.78, 5) is 0. The molecule has 0 fully saturated rings. The maximum Gasteiger partial charge on any atom is 0.156 e. The number of rotatable bonds is 4. The lowest BCUT2D eigenvalue weighted by atomic mass is 10.1. The summed E-state index contributed by atoms with van der Waals surface area (Å²) >= 11 is 11.9. The fraction of sp³-hybridized carbons (Fsp3) is 0.200. The first-order valence-electron chi connectivity index (χ1n) is 5.92. The third-order valence-corrected chi connectivity index (χ3v) is 3.30. The zero-order valence-corrected chi connectivity index (χ0v) is 12.0. The van der Waals surface area contributed by atoms with E-state index in [0.717, 1.165) is 6.42 Å². The van der Waals surface area contributed by atoms with E-state index in [1.807, 2.05) is 0 Å². The molecule has 19 heavy (non-hydrogen) atoms. The Balaban J connectivity index is 1.98. The molecular weight excluding hydrogens is 283 g/mol. The van der Waals surface area contributed by atoms with Crippen molar-refractivity contribution >= 4 is 23.2 Å². The van der Waals surface area contributed by atoms with Gasteiger partial charge in [-0.3, -0.25) is 0 Å². The number of hydrogen-bond donors (Lipinski definition) is 1. The van der Waals surface area contributed by atoms with Crippen molar-refractivity contribution in [3.63, 3.8) is 0 Å². The molecule has 100 valence electrons. The van der Waals surface area contributed by atoms with Crippen LogP contribution in [0.1, 0.15) is 11.1 Å². The first kappa shape index (κ1) is 14.0. The largest absolute Gasteiger partial charge is 0.508 e. The lowest BCUT2D eigenvalue weighted by Gasteiger charge is -2.10. The van der Waals surface area contributed by atoms with E-state index in [4.69, 9.17) is 27.9 Å². The molecule has 0 bridgehead atoms. The van der Waals surface area contributed by atoms with Crippen LogP contribution in [0.4, 0.5) is 0 Å². The number of aryl methyl sites for hydroxylation is 1. The van der Waals surface area contributed by atoms with Crippen LogP contribution in [0.5, 0.6) is 11.5 Å². The summed E-state index contributed by atoms with van der Waals surface area (Å²) in [6, 6.07) is 11.1. The Hall–Kier alpha value is -1.38. The van der Waals surface area contributed by atoms with Gasteiger partial charge in [0.25, 0.3) is 0 Å². The molecule has 0 amide bonds. The third kappa shape index (κ3) is 3.79. The van der Waals surface area contributed by atoms with Gasteiger partial charge in [-0.05, 0) is 12.5 Å². The molecule has 0 spiro atoms. The van der Waals surface area contributed by atoms with Gasteiger partial charge in [0, 0.05) is 18.6 Å². The van der Waals surface area contributed by atoms with E-state index < -0.39 is 0 Å². The SMILES string of the molecule is Cc1ccc(CCOc2c(Cl)cc(O)cc2Cl)cc1. The van der Waals surface area contributed by atoms with Crippen LogP contribution in [0.2, 0.25) is 10.0 Å². The minimum absolute atomic E-state index is 0.0286. The zero-order chi connectivity index (χ0) is 13.8. The number of halogens is 2. The molecule has 2 nitrogen and oxygen atoms in total. The second-order valence-electron chi connectivity index (χ2n) is 4.32. The molecule has 4 heteroatoms. The summed E-state index contributed by atoms with van der Waals surface area (Å²) in [6.07, 6.45) is 0.772. The van der Waals surface area contributed by atoms with Gasteiger partial charge in [-0.25, -0.2) is 0 Å². The highest BCUT2D eigenvalue weighted by molar-refractivity contribution is 6.37. The van der Waals surface area contributed by atoms with Crippen LogP contribution in [0.25, 0.3) is 0 Å². The summed E-state index contributed by atoms with van der Waals surface area (Å²) in [6.45, 7) is 2.53. The van der Waals surface area contributed by atoms with Gasteiger partial charge in [-0.15, -0.1) is 0 Å². The zero-order valence-electron chi connectivity index (χ0n) is 10.5. The van der Waals surface area contributed by atoms with Crippen molar-refractivity contribution in [3.8, 4) is 11.5 Å². The quantitative estimate of drug-likeness (QED) is 0.891. The molecule has 0 unspecified atom stereocenters. The Morgan fingerprint density at radius 1 is 1.05 bits per heavy atom. The Kier molecular flexibility index (Phi) is 4.56. The van der Waals surface area contributed by atoms with Crippen molar-refractivity contribution < 1.29 is 9.84 Å². The second-order valence-corrected chi connectivity index (χ2v) is 5.14. The normalized spacial score (nSPS) is 10.5. The van der Waals surface area contributed by atoms with Gasteiger partial charge in [0.15, 0.2) is 5.75 Å². The molecule has 0 saturated carbocycles. The van der Waals surface area contributed by atoms with Crippen molar-refractivity contribution in [2.24, 2.45) is 0 Å². The highest BCUT2D eigenvalue weighted by Gasteiger charge is 2.09. The minimum Gasteiger partial charge on any atom is -0.508 e. The highest BCUT2D eigenvalue weighted by Crippen LogP contribution is 2.36. The number of hydrogen-bond acceptors (Lipinski definition) is 2. The molecule has 0 aromatic heterocycles. The second kappa shape index (κ2) is 6.18. The average molecular weight is 297 g/mol. The summed E-state index contributed by atoms with van der Waals surface area (Å²) < 4.78 is 5.58. The summed E-state index contributed by atoms with van der Waals surface area (Å²) in [7, 11) is 0. The number of ether oxygens (including phenoxy) is 1. The van der Waals surface area contributed by atoms with Gasteiger partial charge in [0.1, 0.15) is 5.75 Å². The number of benzene rings is 2. The first-order valence-corrected chi connectivity index (χ1v) is 6.68. The Bertz CT molecular complexity index is 542. The molecule has 0 saturated heterocycles. The minimum atomic E-state index is 0.0286. The van der Waals surface area contributed by atoms with Crippen LogP contribution in [-0.2, 0) is 6.42 Å². The number of aromatic hydroxyl groups is 1. The van der Waals surface area contributed by atoms with E-state index >= 15 is 0 Å². The predicted molar refractivity (Wildman–Crippen MR) is 78.5 cm³/mol. The van der Waals surface area contributed by atoms with Crippen molar-refractivity contribution in [2.45, 2.75) is 13.3 Å². The van der Waals surface area contributed by atoms with E-state index in [-0.39, 0.29) is 5.75 Å².